The summed E-state index contributed by atoms with van der Waals surface area (Å²) in [5.41, 5.74) is 30.6. The zero-order chi connectivity index (χ0) is 92.4. The van der Waals surface area contributed by atoms with Crippen molar-refractivity contribution in [3.8, 4) is 90.7 Å². The fourth-order valence-electron chi connectivity index (χ4n) is 21.4. The standard InChI is InChI=1S/C46H28N4O.C40H23N3O2.C40H23N3OS/c1-3-13-29(14-4-1)41-45-42(37-19-9-12-22-40(37)51-45)48-46(47-41)30-23-25-32(26-24-30)50-39-21-11-8-18-34(39)36-28-27-35-33-17-7-10-20-38(33)49(43(35)44(36)50)31-15-5-2-6-16-31;1-2-10-24(11-3-1)35-39-36(31-14-6-9-17-34(31)45-39)42-40(41-35)25-18-20-26(21-19-25)43-32-15-7-4-12-27(32)29-22-23-30-28-13-5-8-16-33(28)44-38(30)37(29)43;1-2-10-24(11-3-1)35-38-36(31-14-5-8-16-33(31)44-38)42-40(41-35)25-18-20-26(21-19-25)43-32-15-7-4-12-27(32)29-22-23-30-28-13-6-9-17-34(28)45-39(30)37(29)43/h1-28H;2*1-23H. The summed E-state index contributed by atoms with van der Waals surface area (Å²) in [6.45, 7) is 0. The molecule has 14 nitrogen and oxygen atoms in total. The summed E-state index contributed by atoms with van der Waals surface area (Å²) in [5, 5.41) is 17.5. The number of nitrogens with zero attached hydrogens (tertiary/aromatic N) is 10. The van der Waals surface area contributed by atoms with Crippen molar-refractivity contribution in [3.63, 3.8) is 0 Å². The molecule has 0 aliphatic rings. The molecule has 141 heavy (non-hydrogen) atoms. The van der Waals surface area contributed by atoms with Crippen LogP contribution in [0.25, 0.3) is 286 Å². The van der Waals surface area contributed by atoms with E-state index in [1.165, 1.54) is 85.5 Å². The maximum Gasteiger partial charge on any atom is 0.180 e. The third-order valence-corrected chi connectivity index (χ3v) is 29.0. The minimum atomic E-state index is 0.654. The number of thiophene rings is 1. The molecule has 31 rings (SSSR count). The molecule has 0 amide bonds. The number of aromatic nitrogens is 10. The van der Waals surface area contributed by atoms with Gasteiger partial charge in [-0.1, -0.05) is 285 Å². The lowest BCUT2D eigenvalue weighted by Gasteiger charge is -2.13. The molecule has 0 saturated carbocycles. The van der Waals surface area contributed by atoms with Crippen LogP contribution < -0.4 is 0 Å². The topological polar surface area (TPSA) is 150 Å². The highest BCUT2D eigenvalue weighted by molar-refractivity contribution is 7.26. The summed E-state index contributed by atoms with van der Waals surface area (Å²) >= 11 is 1.87. The number of furan rings is 4. The second-order valence-electron chi connectivity index (χ2n) is 35.7. The molecule has 31 aromatic rings. The van der Waals surface area contributed by atoms with Gasteiger partial charge in [0, 0.05) is 142 Å². The Labute approximate surface area is 806 Å². The molecule has 0 fully saturated rings. The molecule has 0 aliphatic carbocycles. The van der Waals surface area contributed by atoms with E-state index in [4.69, 9.17) is 47.6 Å². The van der Waals surface area contributed by atoms with E-state index in [1.54, 1.807) is 0 Å². The Bertz CT molecular complexity index is 10100. The smallest absolute Gasteiger partial charge is 0.180 e. The van der Waals surface area contributed by atoms with Gasteiger partial charge in [-0.15, -0.1) is 11.3 Å². The lowest BCUT2D eigenvalue weighted by molar-refractivity contribution is 0.667. The summed E-state index contributed by atoms with van der Waals surface area (Å²) in [6, 6.07) is 156. The Morgan fingerprint density at radius 3 is 0.830 bits per heavy atom. The SMILES string of the molecule is c1ccc(-c2nc(-c3ccc(-n4c5ccccc5c5ccc6c7ccccc7n(-c7ccccc7)c6c54)cc3)nc3c2oc2ccccc23)cc1.c1ccc(-c2nc(-c3ccc(-n4c5ccccc5c5ccc6c7ccccc7oc6c54)cc3)nc3c2oc2ccccc23)cc1.c1ccc(-c2nc(-c3ccc(-n4c5ccccc5c5ccc6c7ccccc7sc6c54)cc3)nc3c2oc2ccccc23)cc1. The number of para-hydroxylation sites is 9. The summed E-state index contributed by atoms with van der Waals surface area (Å²) in [6.07, 6.45) is 0. The Morgan fingerprint density at radius 2 is 0.440 bits per heavy atom. The van der Waals surface area contributed by atoms with Gasteiger partial charge in [-0.3, -0.25) is 0 Å². The fraction of sp³-hybridized carbons (Fsp3) is 0. The van der Waals surface area contributed by atoms with E-state index >= 15 is 0 Å². The third kappa shape index (κ3) is 12.6. The molecule has 12 heterocycles. The molecule has 0 bridgehead atoms. The van der Waals surface area contributed by atoms with Gasteiger partial charge in [0.25, 0.3) is 0 Å². The van der Waals surface area contributed by atoms with Gasteiger partial charge < -0.3 is 35.9 Å². The van der Waals surface area contributed by atoms with E-state index in [1.807, 2.05) is 133 Å². The molecule has 0 saturated heterocycles. The first-order valence-corrected chi connectivity index (χ1v) is 48.0. The van der Waals surface area contributed by atoms with E-state index in [0.717, 1.165) is 167 Å². The van der Waals surface area contributed by atoms with Crippen LogP contribution in [0.2, 0.25) is 0 Å². The fourth-order valence-corrected chi connectivity index (χ4v) is 22.7. The van der Waals surface area contributed by atoms with Gasteiger partial charge in [0.15, 0.2) is 39.8 Å². The molecule has 658 valence electrons. The zero-order valence-corrected chi connectivity index (χ0v) is 76.1. The van der Waals surface area contributed by atoms with Crippen LogP contribution in [-0.4, -0.2) is 48.2 Å². The lowest BCUT2D eigenvalue weighted by Crippen LogP contribution is -1.99. The highest BCUT2D eigenvalue weighted by Crippen LogP contribution is 2.49. The van der Waals surface area contributed by atoms with E-state index < -0.39 is 0 Å². The van der Waals surface area contributed by atoms with Crippen LogP contribution in [-0.2, 0) is 0 Å². The van der Waals surface area contributed by atoms with Crippen molar-refractivity contribution in [2.75, 3.05) is 0 Å². The second-order valence-corrected chi connectivity index (χ2v) is 36.8. The number of hydrogen-bond acceptors (Lipinski definition) is 11. The molecular formula is C126H74N10O4S. The van der Waals surface area contributed by atoms with Gasteiger partial charge in [-0.05, 0) is 164 Å². The van der Waals surface area contributed by atoms with Crippen molar-refractivity contribution in [1.82, 2.24) is 48.2 Å². The van der Waals surface area contributed by atoms with Gasteiger partial charge in [0.1, 0.15) is 56.0 Å². The number of rotatable bonds is 10. The molecule has 0 radical (unpaired) electrons. The minimum absolute atomic E-state index is 0.654. The maximum absolute atomic E-state index is 6.52. The first-order chi connectivity index (χ1) is 69.9. The second kappa shape index (κ2) is 31.8. The zero-order valence-electron chi connectivity index (χ0n) is 75.2. The van der Waals surface area contributed by atoms with E-state index in [2.05, 4.69) is 346 Å². The molecule has 0 spiro atoms. The molecule has 12 aromatic heterocycles. The number of benzene rings is 19. The van der Waals surface area contributed by atoms with E-state index in [9.17, 15) is 0 Å². The normalized spacial score (nSPS) is 12.0. The Morgan fingerprint density at radius 1 is 0.170 bits per heavy atom. The number of hydrogen-bond donors (Lipinski definition) is 0. The highest BCUT2D eigenvalue weighted by atomic mass is 32.1. The molecule has 0 N–H and O–H groups in total. The van der Waals surface area contributed by atoms with Crippen molar-refractivity contribution >= 4 is 207 Å². The Balaban J connectivity index is 0.000000102. The molecule has 0 unspecified atom stereocenters. The largest absolute Gasteiger partial charge is 0.454 e. The van der Waals surface area contributed by atoms with Crippen molar-refractivity contribution in [2.24, 2.45) is 0 Å². The van der Waals surface area contributed by atoms with Crippen LogP contribution >= 0.6 is 11.3 Å². The third-order valence-electron chi connectivity index (χ3n) is 27.8. The summed E-state index contributed by atoms with van der Waals surface area (Å²) < 4.78 is 37.6. The van der Waals surface area contributed by atoms with Crippen LogP contribution in [0.1, 0.15) is 0 Å². The van der Waals surface area contributed by atoms with Crippen molar-refractivity contribution in [2.45, 2.75) is 0 Å². The van der Waals surface area contributed by atoms with Crippen LogP contribution in [0.5, 0.6) is 0 Å². The Hall–Kier alpha value is -19.0. The average Bonchev–Trinajstić information content (AvgIpc) is 1.55. The monoisotopic (exact) mass is 1820 g/mol. The van der Waals surface area contributed by atoms with Gasteiger partial charge >= 0.3 is 0 Å². The minimum Gasteiger partial charge on any atom is -0.454 e. The highest BCUT2D eigenvalue weighted by Gasteiger charge is 2.28. The number of fused-ring (bicyclic) bond motifs is 30. The predicted molar refractivity (Wildman–Crippen MR) is 578 cm³/mol. The maximum atomic E-state index is 6.52. The molecule has 0 aliphatic heterocycles. The van der Waals surface area contributed by atoms with E-state index in [0.29, 0.717) is 34.2 Å². The first-order valence-electron chi connectivity index (χ1n) is 47.2. The van der Waals surface area contributed by atoms with Crippen molar-refractivity contribution < 1.29 is 17.7 Å². The molecular weight excluding hydrogens is 1750 g/mol. The molecule has 15 heteroatoms. The van der Waals surface area contributed by atoms with Gasteiger partial charge in [-0.25, -0.2) is 29.9 Å². The predicted octanol–water partition coefficient (Wildman–Crippen LogP) is 33.8. The summed E-state index contributed by atoms with van der Waals surface area (Å²) in [7, 11) is 0. The quantitative estimate of drug-likeness (QED) is 0.129. The van der Waals surface area contributed by atoms with Crippen LogP contribution in [0, 0.1) is 0 Å². The first kappa shape index (κ1) is 79.4. The van der Waals surface area contributed by atoms with Crippen LogP contribution in [0.15, 0.2) is 467 Å². The summed E-state index contributed by atoms with van der Waals surface area (Å²) in [4.78, 5) is 30.5. The Kier molecular flexibility index (Phi) is 17.9. The van der Waals surface area contributed by atoms with Crippen molar-refractivity contribution in [3.05, 3.63) is 449 Å². The van der Waals surface area contributed by atoms with E-state index in [-0.39, 0.29) is 0 Å². The lowest BCUT2D eigenvalue weighted by atomic mass is 10.1. The van der Waals surface area contributed by atoms with Crippen LogP contribution in [0.4, 0.5) is 0 Å². The molecule has 0 atom stereocenters. The average molecular weight is 1820 g/mol. The van der Waals surface area contributed by atoms with Crippen LogP contribution in [0.3, 0.4) is 0 Å². The molecule has 19 aromatic carbocycles. The van der Waals surface area contributed by atoms with Gasteiger partial charge in [0.05, 0.1) is 48.8 Å². The van der Waals surface area contributed by atoms with Gasteiger partial charge in [0.2, 0.25) is 0 Å². The van der Waals surface area contributed by atoms with Gasteiger partial charge in [-0.2, -0.15) is 0 Å². The summed E-state index contributed by atoms with van der Waals surface area (Å²) in [5.74, 6) is 1.99. The van der Waals surface area contributed by atoms with Crippen molar-refractivity contribution in [1.29, 1.82) is 0 Å².